The molecule has 0 saturated carbocycles. The minimum atomic E-state index is -3.28. The van der Waals surface area contributed by atoms with Crippen LogP contribution in [0.5, 0.6) is 0 Å². The van der Waals surface area contributed by atoms with Crippen LogP contribution in [0.15, 0.2) is 0 Å². The average Bonchev–Trinajstić information content (AvgIpc) is 2.42. The molecule has 5 heteroatoms. The van der Waals surface area contributed by atoms with Crippen molar-refractivity contribution in [1.29, 1.82) is 0 Å². The molecule has 1 amide bonds. The molecule has 4 nitrogen and oxygen atoms in total. The molecule has 1 heterocycles. The van der Waals surface area contributed by atoms with Gasteiger partial charge in [-0.05, 0) is 12.3 Å². The van der Waals surface area contributed by atoms with Gasteiger partial charge in [-0.15, -0.1) is 0 Å². The van der Waals surface area contributed by atoms with Gasteiger partial charge in [-0.2, -0.15) is 0 Å². The van der Waals surface area contributed by atoms with Crippen LogP contribution in [0.25, 0.3) is 0 Å². The van der Waals surface area contributed by atoms with Crippen LogP contribution >= 0.6 is 0 Å². The maximum Gasteiger partial charge on any atom is 0.239 e. The molecule has 1 fully saturated rings. The SMILES string of the molecule is CC(C)C(C)C(=O)N1CCCS1(=O)=O. The molecule has 0 aromatic heterocycles. The van der Waals surface area contributed by atoms with Gasteiger partial charge in [0.25, 0.3) is 0 Å². The minimum Gasteiger partial charge on any atom is -0.273 e. The van der Waals surface area contributed by atoms with E-state index < -0.39 is 10.0 Å². The molecule has 1 unspecified atom stereocenters. The normalized spacial score (nSPS) is 22.7. The maximum atomic E-state index is 11.7. The summed E-state index contributed by atoms with van der Waals surface area (Å²) in [6.07, 6.45) is 0.568. The second-order valence-corrected chi connectivity index (χ2v) is 6.13. The lowest BCUT2D eigenvalue weighted by atomic mass is 9.97. The number of carbonyl (C=O) groups excluding carboxylic acids is 1. The Hall–Kier alpha value is -0.580. The van der Waals surface area contributed by atoms with Crippen LogP contribution in [-0.2, 0) is 14.8 Å². The summed E-state index contributed by atoms with van der Waals surface area (Å²) < 4.78 is 23.9. The Morgan fingerprint density at radius 1 is 1.29 bits per heavy atom. The molecule has 0 radical (unpaired) electrons. The zero-order chi connectivity index (χ0) is 10.9. The van der Waals surface area contributed by atoms with E-state index in [4.69, 9.17) is 0 Å². The first-order valence-electron chi connectivity index (χ1n) is 4.90. The molecule has 1 aliphatic rings. The molecule has 0 N–H and O–H groups in total. The van der Waals surface area contributed by atoms with Crippen LogP contribution in [0.4, 0.5) is 0 Å². The van der Waals surface area contributed by atoms with E-state index in [2.05, 4.69) is 0 Å². The number of carbonyl (C=O) groups is 1. The summed E-state index contributed by atoms with van der Waals surface area (Å²) in [6.45, 7) is 5.98. The third-order valence-corrected chi connectivity index (χ3v) is 4.57. The Kier molecular flexibility index (Phi) is 3.19. The first-order valence-corrected chi connectivity index (χ1v) is 6.51. The zero-order valence-electron chi connectivity index (χ0n) is 8.86. The molecule has 1 aliphatic heterocycles. The van der Waals surface area contributed by atoms with E-state index in [0.717, 1.165) is 4.31 Å². The van der Waals surface area contributed by atoms with Crippen molar-refractivity contribution in [2.45, 2.75) is 27.2 Å². The highest BCUT2D eigenvalue weighted by Crippen LogP contribution is 2.20. The molecular weight excluding hydrogens is 202 g/mol. The molecule has 0 aromatic carbocycles. The Morgan fingerprint density at radius 2 is 1.86 bits per heavy atom. The van der Waals surface area contributed by atoms with Crippen LogP contribution in [0.3, 0.4) is 0 Å². The Labute approximate surface area is 85.3 Å². The van der Waals surface area contributed by atoms with Crippen molar-refractivity contribution in [3.63, 3.8) is 0 Å². The summed E-state index contributed by atoms with van der Waals surface area (Å²) in [5.74, 6) is -0.178. The molecule has 0 bridgehead atoms. The van der Waals surface area contributed by atoms with Crippen molar-refractivity contribution in [2.75, 3.05) is 12.3 Å². The Bertz CT molecular complexity index is 321. The van der Waals surface area contributed by atoms with Gasteiger partial charge in [0.1, 0.15) is 0 Å². The lowest BCUT2D eigenvalue weighted by Gasteiger charge is -2.21. The number of rotatable bonds is 2. The molecular formula is C9H17NO3S. The van der Waals surface area contributed by atoms with Gasteiger partial charge < -0.3 is 0 Å². The van der Waals surface area contributed by atoms with E-state index in [0.29, 0.717) is 13.0 Å². The third kappa shape index (κ3) is 2.08. The monoisotopic (exact) mass is 219 g/mol. The van der Waals surface area contributed by atoms with E-state index in [1.807, 2.05) is 13.8 Å². The summed E-state index contributed by atoms with van der Waals surface area (Å²) in [6, 6.07) is 0. The molecule has 82 valence electrons. The largest absolute Gasteiger partial charge is 0.273 e. The van der Waals surface area contributed by atoms with Crippen LogP contribution in [0.1, 0.15) is 27.2 Å². The molecule has 0 aliphatic carbocycles. The fraction of sp³-hybridized carbons (Fsp3) is 0.889. The molecule has 0 spiro atoms. The van der Waals surface area contributed by atoms with Crippen molar-refractivity contribution in [3.05, 3.63) is 0 Å². The first-order chi connectivity index (χ1) is 6.36. The van der Waals surface area contributed by atoms with E-state index in [9.17, 15) is 13.2 Å². The number of hydrogen-bond acceptors (Lipinski definition) is 3. The van der Waals surface area contributed by atoms with Crippen molar-refractivity contribution >= 4 is 15.9 Å². The van der Waals surface area contributed by atoms with E-state index in [-0.39, 0.29) is 23.5 Å². The van der Waals surface area contributed by atoms with Gasteiger partial charge in [0.2, 0.25) is 15.9 Å². The van der Waals surface area contributed by atoms with Gasteiger partial charge >= 0.3 is 0 Å². The van der Waals surface area contributed by atoms with Gasteiger partial charge in [0.15, 0.2) is 0 Å². The average molecular weight is 219 g/mol. The van der Waals surface area contributed by atoms with Crippen LogP contribution < -0.4 is 0 Å². The Balaban J connectivity index is 2.80. The number of hydrogen-bond donors (Lipinski definition) is 0. The van der Waals surface area contributed by atoms with Crippen molar-refractivity contribution in [3.8, 4) is 0 Å². The van der Waals surface area contributed by atoms with Gasteiger partial charge in [-0.1, -0.05) is 20.8 Å². The molecule has 1 saturated heterocycles. The standard InChI is InChI=1S/C9H17NO3S/c1-7(2)8(3)9(11)10-5-4-6-14(10,12)13/h7-8H,4-6H2,1-3H3. The lowest BCUT2D eigenvalue weighted by molar-refractivity contribution is -0.131. The summed E-state index contributed by atoms with van der Waals surface area (Å²) in [7, 11) is -3.28. The first kappa shape index (κ1) is 11.5. The second-order valence-electron chi connectivity index (χ2n) is 4.11. The van der Waals surface area contributed by atoms with Gasteiger partial charge in [0.05, 0.1) is 5.75 Å². The van der Waals surface area contributed by atoms with Gasteiger partial charge in [0, 0.05) is 12.5 Å². The summed E-state index contributed by atoms with van der Waals surface area (Å²) >= 11 is 0. The van der Waals surface area contributed by atoms with Crippen molar-refractivity contribution < 1.29 is 13.2 Å². The lowest BCUT2D eigenvalue weighted by Crippen LogP contribution is -2.38. The predicted molar refractivity (Wildman–Crippen MR) is 54.1 cm³/mol. The van der Waals surface area contributed by atoms with Crippen LogP contribution in [0.2, 0.25) is 0 Å². The zero-order valence-corrected chi connectivity index (χ0v) is 9.67. The smallest absolute Gasteiger partial charge is 0.239 e. The number of sulfonamides is 1. The fourth-order valence-electron chi connectivity index (χ4n) is 1.40. The highest BCUT2D eigenvalue weighted by molar-refractivity contribution is 7.89. The third-order valence-electron chi connectivity index (χ3n) is 2.73. The highest BCUT2D eigenvalue weighted by atomic mass is 32.2. The molecule has 1 rings (SSSR count). The van der Waals surface area contributed by atoms with E-state index in [1.54, 1.807) is 6.92 Å². The maximum absolute atomic E-state index is 11.7. The summed E-state index contributed by atoms with van der Waals surface area (Å²) in [4.78, 5) is 11.7. The van der Waals surface area contributed by atoms with E-state index >= 15 is 0 Å². The minimum absolute atomic E-state index is 0.115. The Morgan fingerprint density at radius 3 is 2.21 bits per heavy atom. The van der Waals surface area contributed by atoms with Crippen LogP contribution in [0, 0.1) is 11.8 Å². The second kappa shape index (κ2) is 3.88. The summed E-state index contributed by atoms with van der Waals surface area (Å²) in [5.41, 5.74) is 0. The van der Waals surface area contributed by atoms with Gasteiger partial charge in [-0.25, -0.2) is 12.7 Å². The topological polar surface area (TPSA) is 54.5 Å². The van der Waals surface area contributed by atoms with Gasteiger partial charge in [-0.3, -0.25) is 4.79 Å². The molecule has 0 aromatic rings. The van der Waals surface area contributed by atoms with Crippen molar-refractivity contribution in [1.82, 2.24) is 4.31 Å². The van der Waals surface area contributed by atoms with Crippen molar-refractivity contribution in [2.24, 2.45) is 11.8 Å². The fourth-order valence-corrected chi connectivity index (χ4v) is 2.96. The highest BCUT2D eigenvalue weighted by Gasteiger charge is 2.35. The number of amides is 1. The summed E-state index contributed by atoms with van der Waals surface area (Å²) in [5, 5.41) is 0. The molecule has 1 atom stereocenters. The van der Waals surface area contributed by atoms with E-state index in [1.165, 1.54) is 0 Å². The predicted octanol–water partition coefficient (Wildman–Crippen LogP) is 0.841. The number of nitrogens with zero attached hydrogens (tertiary/aromatic N) is 1. The molecule has 14 heavy (non-hydrogen) atoms. The quantitative estimate of drug-likeness (QED) is 0.691. The van der Waals surface area contributed by atoms with Crippen LogP contribution in [-0.4, -0.2) is 30.9 Å².